The van der Waals surface area contributed by atoms with Crippen LogP contribution in [-0.2, 0) is 6.54 Å². The van der Waals surface area contributed by atoms with E-state index in [4.69, 9.17) is 5.73 Å². The zero-order chi connectivity index (χ0) is 12.5. The molecule has 0 aliphatic carbocycles. The minimum Gasteiger partial charge on any atom is -0.399 e. The summed E-state index contributed by atoms with van der Waals surface area (Å²) in [6, 6.07) is 7.09. The van der Waals surface area contributed by atoms with Crippen LogP contribution in [0.1, 0.15) is 24.0 Å². The summed E-state index contributed by atoms with van der Waals surface area (Å²) in [7, 11) is 0. The van der Waals surface area contributed by atoms with E-state index >= 15 is 0 Å². The van der Waals surface area contributed by atoms with Gasteiger partial charge >= 0.3 is 0 Å². The molecule has 98 valence electrons. The van der Waals surface area contributed by atoms with Gasteiger partial charge in [0.15, 0.2) is 0 Å². The fourth-order valence-corrected chi connectivity index (χ4v) is 3.31. The fourth-order valence-electron chi connectivity index (χ4n) is 3.31. The van der Waals surface area contributed by atoms with Crippen molar-refractivity contribution in [2.75, 3.05) is 31.9 Å². The summed E-state index contributed by atoms with van der Waals surface area (Å²) in [5.41, 5.74) is 9.55. The van der Waals surface area contributed by atoms with Crippen LogP contribution in [0, 0.1) is 6.92 Å². The topological polar surface area (TPSA) is 32.5 Å². The first-order valence-electron chi connectivity index (χ1n) is 7.04. The summed E-state index contributed by atoms with van der Waals surface area (Å²) >= 11 is 0. The summed E-state index contributed by atoms with van der Waals surface area (Å²) in [4.78, 5) is 5.25. The van der Waals surface area contributed by atoms with Crippen LogP contribution in [0.5, 0.6) is 0 Å². The zero-order valence-corrected chi connectivity index (χ0v) is 11.2. The highest BCUT2D eigenvalue weighted by molar-refractivity contribution is 5.49. The Hall–Kier alpha value is -1.06. The Bertz CT molecular complexity index is 430. The zero-order valence-electron chi connectivity index (χ0n) is 11.2. The van der Waals surface area contributed by atoms with Crippen LogP contribution in [0.2, 0.25) is 0 Å². The Kier molecular flexibility index (Phi) is 3.27. The molecule has 2 heterocycles. The number of nitrogen functional groups attached to an aromatic ring is 1. The number of piperazine rings is 1. The van der Waals surface area contributed by atoms with E-state index in [-0.39, 0.29) is 0 Å². The van der Waals surface area contributed by atoms with Gasteiger partial charge in [0, 0.05) is 37.9 Å². The molecule has 1 unspecified atom stereocenters. The average Bonchev–Trinajstić information content (AvgIpc) is 2.82. The molecule has 2 saturated heterocycles. The maximum atomic E-state index is 5.98. The van der Waals surface area contributed by atoms with Crippen LogP contribution in [-0.4, -0.2) is 42.0 Å². The molecule has 3 heteroatoms. The lowest BCUT2D eigenvalue weighted by atomic mass is 10.1. The van der Waals surface area contributed by atoms with Gasteiger partial charge in [-0.25, -0.2) is 0 Å². The third kappa shape index (κ3) is 2.25. The number of benzene rings is 1. The van der Waals surface area contributed by atoms with Crippen LogP contribution in [0.25, 0.3) is 0 Å². The summed E-state index contributed by atoms with van der Waals surface area (Å²) in [5.74, 6) is 0. The number of nitrogens with zero attached hydrogens (tertiary/aromatic N) is 2. The van der Waals surface area contributed by atoms with Gasteiger partial charge in [-0.3, -0.25) is 9.80 Å². The van der Waals surface area contributed by atoms with Crippen molar-refractivity contribution < 1.29 is 0 Å². The Morgan fingerprint density at radius 2 is 2.17 bits per heavy atom. The van der Waals surface area contributed by atoms with Crippen LogP contribution in [0.15, 0.2) is 18.2 Å². The molecule has 0 spiro atoms. The van der Waals surface area contributed by atoms with E-state index in [9.17, 15) is 0 Å². The SMILES string of the molecule is Cc1c(N)cccc1CN1CCN2CCCC2C1. The van der Waals surface area contributed by atoms with Crippen molar-refractivity contribution in [2.24, 2.45) is 0 Å². The van der Waals surface area contributed by atoms with Gasteiger partial charge in [-0.2, -0.15) is 0 Å². The largest absolute Gasteiger partial charge is 0.399 e. The van der Waals surface area contributed by atoms with Gasteiger partial charge in [0.2, 0.25) is 0 Å². The smallest absolute Gasteiger partial charge is 0.0346 e. The summed E-state index contributed by atoms with van der Waals surface area (Å²) in [6.07, 6.45) is 2.77. The molecule has 2 fully saturated rings. The molecule has 0 radical (unpaired) electrons. The molecule has 0 aromatic heterocycles. The Labute approximate surface area is 110 Å². The monoisotopic (exact) mass is 245 g/mol. The van der Waals surface area contributed by atoms with Crippen LogP contribution >= 0.6 is 0 Å². The first-order valence-corrected chi connectivity index (χ1v) is 7.04. The summed E-state index contributed by atoms with van der Waals surface area (Å²) in [6.45, 7) is 8.18. The number of rotatable bonds is 2. The van der Waals surface area contributed by atoms with E-state index in [1.54, 1.807) is 0 Å². The molecule has 0 saturated carbocycles. The van der Waals surface area contributed by atoms with Crippen molar-refractivity contribution in [3.05, 3.63) is 29.3 Å². The average molecular weight is 245 g/mol. The maximum Gasteiger partial charge on any atom is 0.0346 e. The van der Waals surface area contributed by atoms with Gasteiger partial charge in [-0.15, -0.1) is 0 Å². The van der Waals surface area contributed by atoms with Gasteiger partial charge in [0.25, 0.3) is 0 Å². The van der Waals surface area contributed by atoms with Crippen molar-refractivity contribution >= 4 is 5.69 Å². The lowest BCUT2D eigenvalue weighted by molar-refractivity contribution is 0.0992. The Morgan fingerprint density at radius 3 is 3.06 bits per heavy atom. The highest BCUT2D eigenvalue weighted by Crippen LogP contribution is 2.24. The molecular weight excluding hydrogens is 222 g/mol. The maximum absolute atomic E-state index is 5.98. The quantitative estimate of drug-likeness (QED) is 0.807. The molecule has 0 amide bonds. The number of anilines is 1. The van der Waals surface area contributed by atoms with Crippen molar-refractivity contribution in [1.29, 1.82) is 0 Å². The predicted molar refractivity (Wildman–Crippen MR) is 75.5 cm³/mol. The predicted octanol–water partition coefficient (Wildman–Crippen LogP) is 1.86. The molecule has 3 nitrogen and oxygen atoms in total. The van der Waals surface area contributed by atoms with Crippen LogP contribution in [0.3, 0.4) is 0 Å². The number of nitrogens with two attached hydrogens (primary N) is 1. The summed E-state index contributed by atoms with van der Waals surface area (Å²) in [5, 5.41) is 0. The van der Waals surface area contributed by atoms with Gasteiger partial charge in [0.05, 0.1) is 0 Å². The van der Waals surface area contributed by atoms with E-state index in [0.717, 1.165) is 18.3 Å². The molecule has 1 atom stereocenters. The van der Waals surface area contributed by atoms with Crippen LogP contribution < -0.4 is 5.73 Å². The number of hydrogen-bond donors (Lipinski definition) is 1. The number of hydrogen-bond acceptors (Lipinski definition) is 3. The van der Waals surface area contributed by atoms with E-state index in [2.05, 4.69) is 28.9 Å². The van der Waals surface area contributed by atoms with Gasteiger partial charge in [-0.05, 0) is 43.5 Å². The molecule has 2 aliphatic heterocycles. The molecule has 0 bridgehead atoms. The molecule has 2 aliphatic rings. The third-order valence-corrected chi connectivity index (χ3v) is 4.55. The standard InChI is InChI=1S/C15H23N3/c1-12-13(4-2-6-15(12)16)10-17-8-9-18-7-3-5-14(18)11-17/h2,4,6,14H,3,5,7-11,16H2,1H3. The molecule has 1 aromatic carbocycles. The highest BCUT2D eigenvalue weighted by atomic mass is 15.3. The number of fused-ring (bicyclic) bond motifs is 1. The van der Waals surface area contributed by atoms with Gasteiger partial charge in [0.1, 0.15) is 0 Å². The normalized spacial score (nSPS) is 25.3. The molecular formula is C15H23N3. The third-order valence-electron chi connectivity index (χ3n) is 4.55. The molecule has 18 heavy (non-hydrogen) atoms. The summed E-state index contributed by atoms with van der Waals surface area (Å²) < 4.78 is 0. The van der Waals surface area contributed by atoms with Crippen LogP contribution in [0.4, 0.5) is 5.69 Å². The second kappa shape index (κ2) is 4.90. The first-order chi connectivity index (χ1) is 8.74. The highest BCUT2D eigenvalue weighted by Gasteiger charge is 2.30. The molecule has 2 N–H and O–H groups in total. The Morgan fingerprint density at radius 1 is 1.28 bits per heavy atom. The van der Waals surface area contributed by atoms with Crippen molar-refractivity contribution in [1.82, 2.24) is 9.80 Å². The van der Waals surface area contributed by atoms with Crippen molar-refractivity contribution in [2.45, 2.75) is 32.4 Å². The van der Waals surface area contributed by atoms with E-state index in [1.165, 1.54) is 50.1 Å². The van der Waals surface area contributed by atoms with E-state index in [0.29, 0.717) is 0 Å². The lowest BCUT2D eigenvalue weighted by Gasteiger charge is -2.37. The van der Waals surface area contributed by atoms with Gasteiger partial charge in [-0.1, -0.05) is 12.1 Å². The lowest BCUT2D eigenvalue weighted by Crippen LogP contribution is -2.49. The Balaban J connectivity index is 1.68. The second-order valence-electron chi connectivity index (χ2n) is 5.70. The molecule has 3 rings (SSSR count). The minimum atomic E-state index is 0.806. The van der Waals surface area contributed by atoms with E-state index < -0.39 is 0 Å². The fraction of sp³-hybridized carbons (Fsp3) is 0.600. The van der Waals surface area contributed by atoms with Gasteiger partial charge < -0.3 is 5.73 Å². The second-order valence-corrected chi connectivity index (χ2v) is 5.70. The minimum absolute atomic E-state index is 0.806. The molecule has 1 aromatic rings. The first kappa shape index (κ1) is 12.0. The van der Waals surface area contributed by atoms with E-state index in [1.807, 2.05) is 6.07 Å². The van der Waals surface area contributed by atoms with Crippen molar-refractivity contribution in [3.8, 4) is 0 Å². The van der Waals surface area contributed by atoms with Crippen molar-refractivity contribution in [3.63, 3.8) is 0 Å².